The van der Waals surface area contributed by atoms with Crippen LogP contribution in [0, 0.1) is 0 Å². The molecule has 0 aliphatic heterocycles. The number of carbonyl (C=O) groups excluding carboxylic acids is 1. The molecular weight excluding hydrogens is 200 g/mol. The molecule has 1 aromatic heterocycles. The molecular formula is C10H15ClN2O. The summed E-state index contributed by atoms with van der Waals surface area (Å²) in [6, 6.07) is 5.66. The smallest absolute Gasteiger partial charge is 0.274 e. The Kier molecular flexibility index (Phi) is 6.76. The van der Waals surface area contributed by atoms with Gasteiger partial charge in [-0.05, 0) is 6.42 Å². The molecule has 0 aliphatic carbocycles. The topological polar surface area (TPSA) is 33.0 Å². The predicted octanol–water partition coefficient (Wildman–Crippen LogP) is -1.76. The Morgan fingerprint density at radius 1 is 1.29 bits per heavy atom. The molecule has 14 heavy (non-hydrogen) atoms. The SMILES string of the molecule is CCCCC(=O)N[n+]1ccccc1.[Cl-]. The fourth-order valence-corrected chi connectivity index (χ4v) is 1.01. The van der Waals surface area contributed by atoms with E-state index in [1.165, 1.54) is 0 Å². The lowest BCUT2D eigenvalue weighted by atomic mass is 10.2. The van der Waals surface area contributed by atoms with Crippen LogP contribution in [0.15, 0.2) is 30.6 Å². The van der Waals surface area contributed by atoms with Crippen molar-refractivity contribution in [2.45, 2.75) is 26.2 Å². The summed E-state index contributed by atoms with van der Waals surface area (Å²) in [5.41, 5.74) is 2.75. The van der Waals surface area contributed by atoms with E-state index in [1.807, 2.05) is 30.6 Å². The number of aromatic nitrogens is 1. The van der Waals surface area contributed by atoms with Gasteiger partial charge >= 0.3 is 0 Å². The number of nitrogens with one attached hydrogen (secondary N) is 1. The van der Waals surface area contributed by atoms with E-state index in [0.717, 1.165) is 12.8 Å². The zero-order valence-corrected chi connectivity index (χ0v) is 9.00. The number of pyridine rings is 1. The maximum Gasteiger partial charge on any atom is 0.274 e. The molecule has 1 rings (SSSR count). The molecule has 0 spiro atoms. The normalized spacial score (nSPS) is 8.93. The van der Waals surface area contributed by atoms with E-state index in [4.69, 9.17) is 0 Å². The van der Waals surface area contributed by atoms with Crippen molar-refractivity contribution in [3.8, 4) is 0 Å². The Labute approximate surface area is 90.5 Å². The summed E-state index contributed by atoms with van der Waals surface area (Å²) < 4.78 is 1.66. The highest BCUT2D eigenvalue weighted by Crippen LogP contribution is 1.92. The van der Waals surface area contributed by atoms with Crippen LogP contribution in [0.4, 0.5) is 0 Å². The Balaban J connectivity index is 0.00000169. The lowest BCUT2D eigenvalue weighted by molar-refractivity contribution is -0.642. The van der Waals surface area contributed by atoms with Crippen molar-refractivity contribution in [3.63, 3.8) is 0 Å². The molecule has 0 saturated heterocycles. The number of rotatable bonds is 4. The van der Waals surface area contributed by atoms with Gasteiger partial charge in [-0.3, -0.25) is 4.79 Å². The summed E-state index contributed by atoms with van der Waals surface area (Å²) in [5, 5.41) is 0. The average Bonchev–Trinajstić information content (AvgIpc) is 2.16. The van der Waals surface area contributed by atoms with Gasteiger partial charge in [-0.1, -0.05) is 24.1 Å². The highest BCUT2D eigenvalue weighted by molar-refractivity contribution is 5.81. The molecule has 1 N–H and O–H groups in total. The lowest BCUT2D eigenvalue weighted by Crippen LogP contribution is -3.00. The van der Waals surface area contributed by atoms with E-state index in [0.29, 0.717) is 6.42 Å². The predicted molar refractivity (Wildman–Crippen MR) is 50.5 cm³/mol. The van der Waals surface area contributed by atoms with E-state index < -0.39 is 0 Å². The van der Waals surface area contributed by atoms with Crippen LogP contribution in [0.5, 0.6) is 0 Å². The van der Waals surface area contributed by atoms with Crippen molar-refractivity contribution in [3.05, 3.63) is 30.6 Å². The summed E-state index contributed by atoms with van der Waals surface area (Å²) in [5.74, 6) is 0.0676. The molecule has 1 heterocycles. The van der Waals surface area contributed by atoms with E-state index in [-0.39, 0.29) is 18.3 Å². The van der Waals surface area contributed by atoms with Gasteiger partial charge in [0, 0.05) is 18.6 Å². The first-order valence-electron chi connectivity index (χ1n) is 4.59. The quantitative estimate of drug-likeness (QED) is 0.592. The Morgan fingerprint density at radius 3 is 2.50 bits per heavy atom. The molecule has 0 unspecified atom stereocenters. The summed E-state index contributed by atoms with van der Waals surface area (Å²) in [7, 11) is 0. The number of carbonyl (C=O) groups is 1. The molecule has 0 radical (unpaired) electrons. The van der Waals surface area contributed by atoms with Crippen LogP contribution in [0.3, 0.4) is 0 Å². The van der Waals surface area contributed by atoms with Crippen LogP contribution in [-0.2, 0) is 4.79 Å². The van der Waals surface area contributed by atoms with Gasteiger partial charge in [0.2, 0.25) is 0 Å². The number of unbranched alkanes of at least 4 members (excludes halogenated alkanes) is 1. The van der Waals surface area contributed by atoms with Gasteiger partial charge < -0.3 is 12.4 Å². The first kappa shape index (κ1) is 12.9. The minimum Gasteiger partial charge on any atom is -1.00 e. The van der Waals surface area contributed by atoms with E-state index in [1.54, 1.807) is 4.68 Å². The number of amides is 1. The molecule has 0 aliphatic rings. The third-order valence-electron chi connectivity index (χ3n) is 1.73. The summed E-state index contributed by atoms with van der Waals surface area (Å²) in [6.07, 6.45) is 6.21. The molecule has 1 amide bonds. The van der Waals surface area contributed by atoms with Crippen molar-refractivity contribution in [2.75, 3.05) is 5.43 Å². The summed E-state index contributed by atoms with van der Waals surface area (Å²) in [6.45, 7) is 2.07. The number of hydrogen-bond donors (Lipinski definition) is 1. The Hall–Kier alpha value is -1.09. The van der Waals surface area contributed by atoms with Crippen molar-refractivity contribution in [1.29, 1.82) is 0 Å². The van der Waals surface area contributed by atoms with Crippen LogP contribution in [-0.4, -0.2) is 5.91 Å². The number of nitrogens with zero attached hydrogens (tertiary/aromatic N) is 1. The van der Waals surface area contributed by atoms with Gasteiger partial charge in [-0.2, -0.15) is 0 Å². The fraction of sp³-hybridized carbons (Fsp3) is 0.400. The molecule has 3 nitrogen and oxygen atoms in total. The monoisotopic (exact) mass is 214 g/mol. The van der Waals surface area contributed by atoms with Gasteiger partial charge in [0.15, 0.2) is 12.4 Å². The summed E-state index contributed by atoms with van der Waals surface area (Å²) in [4.78, 5) is 11.2. The molecule has 0 atom stereocenters. The second-order valence-corrected chi connectivity index (χ2v) is 2.92. The zero-order valence-electron chi connectivity index (χ0n) is 8.24. The second kappa shape index (κ2) is 7.33. The summed E-state index contributed by atoms with van der Waals surface area (Å²) >= 11 is 0. The van der Waals surface area contributed by atoms with Gasteiger partial charge in [0.05, 0.1) is 0 Å². The Morgan fingerprint density at radius 2 is 1.93 bits per heavy atom. The van der Waals surface area contributed by atoms with Crippen molar-refractivity contribution in [2.24, 2.45) is 0 Å². The molecule has 78 valence electrons. The van der Waals surface area contributed by atoms with Crippen LogP contribution >= 0.6 is 0 Å². The van der Waals surface area contributed by atoms with Crippen molar-refractivity contribution < 1.29 is 21.9 Å². The second-order valence-electron chi connectivity index (χ2n) is 2.92. The van der Waals surface area contributed by atoms with Gasteiger partial charge in [-0.25, -0.2) is 0 Å². The Bertz CT molecular complexity index is 264. The largest absolute Gasteiger partial charge is 1.00 e. The van der Waals surface area contributed by atoms with Crippen LogP contribution in [0.25, 0.3) is 0 Å². The molecule has 4 heteroatoms. The fourth-order valence-electron chi connectivity index (χ4n) is 1.01. The number of halogens is 1. The molecule has 0 saturated carbocycles. The highest BCUT2D eigenvalue weighted by Gasteiger charge is 2.04. The maximum atomic E-state index is 11.2. The lowest BCUT2D eigenvalue weighted by Gasteiger charge is -1.97. The molecule has 0 fully saturated rings. The number of hydrogen-bond acceptors (Lipinski definition) is 1. The van der Waals surface area contributed by atoms with Crippen molar-refractivity contribution in [1.82, 2.24) is 0 Å². The van der Waals surface area contributed by atoms with Gasteiger partial charge in [0.25, 0.3) is 5.91 Å². The van der Waals surface area contributed by atoms with E-state index >= 15 is 0 Å². The standard InChI is InChI=1S/C10H14N2O.ClH/c1-2-3-7-10(13)11-12-8-5-4-6-9-12;/h4-6,8-9H,2-3,7H2,1H3;1H. The van der Waals surface area contributed by atoms with E-state index in [9.17, 15) is 4.79 Å². The highest BCUT2D eigenvalue weighted by atomic mass is 35.5. The zero-order chi connectivity index (χ0) is 9.52. The van der Waals surface area contributed by atoms with Crippen LogP contribution in [0.2, 0.25) is 0 Å². The van der Waals surface area contributed by atoms with Crippen LogP contribution in [0.1, 0.15) is 26.2 Å². The third kappa shape index (κ3) is 4.82. The third-order valence-corrected chi connectivity index (χ3v) is 1.73. The molecule has 0 bridgehead atoms. The minimum atomic E-state index is 0. The first-order chi connectivity index (χ1) is 6.33. The molecule has 0 aromatic carbocycles. The maximum absolute atomic E-state index is 11.2. The van der Waals surface area contributed by atoms with Gasteiger partial charge in [0.1, 0.15) is 0 Å². The van der Waals surface area contributed by atoms with Crippen LogP contribution < -0.4 is 22.5 Å². The minimum absolute atomic E-state index is 0. The first-order valence-corrected chi connectivity index (χ1v) is 4.59. The van der Waals surface area contributed by atoms with E-state index in [2.05, 4.69) is 12.3 Å². The molecule has 1 aromatic rings. The van der Waals surface area contributed by atoms with Crippen molar-refractivity contribution >= 4 is 5.91 Å². The average molecular weight is 215 g/mol. The van der Waals surface area contributed by atoms with Gasteiger partial charge in [-0.15, -0.1) is 5.43 Å².